The molecule has 9 heteroatoms. The molecule has 0 unspecified atom stereocenters. The lowest BCUT2D eigenvalue weighted by molar-refractivity contribution is -0.385. The van der Waals surface area contributed by atoms with Crippen LogP contribution in [0.25, 0.3) is 16.9 Å². The smallest absolute Gasteiger partial charge is 0.354 e. The molecule has 164 valence electrons. The number of nitrogens with one attached hydrogen (secondary N) is 1. The van der Waals surface area contributed by atoms with Gasteiger partial charge in [-0.1, -0.05) is 42.8 Å². The number of hydrogen-bond acceptors (Lipinski definition) is 6. The first-order valence-corrected chi connectivity index (χ1v) is 10.5. The molecule has 3 aromatic heterocycles. The van der Waals surface area contributed by atoms with Crippen LogP contribution in [0.3, 0.4) is 0 Å². The van der Waals surface area contributed by atoms with Crippen molar-refractivity contribution in [1.82, 2.24) is 19.6 Å². The fourth-order valence-electron chi connectivity index (χ4n) is 3.69. The molecular formula is C23H24N6O3. The second kappa shape index (κ2) is 9.42. The predicted octanol–water partition coefficient (Wildman–Crippen LogP) is 3.84. The zero-order chi connectivity index (χ0) is 22.5. The first kappa shape index (κ1) is 21.2. The van der Waals surface area contributed by atoms with Crippen LogP contribution < -0.4 is 10.5 Å². The first-order chi connectivity index (χ1) is 15.5. The van der Waals surface area contributed by atoms with E-state index in [2.05, 4.69) is 21.2 Å². The number of aromatic amines is 1. The van der Waals surface area contributed by atoms with Crippen molar-refractivity contribution >= 4 is 17.2 Å². The summed E-state index contributed by atoms with van der Waals surface area (Å²) in [5.74, 6) is 0.104. The average molecular weight is 432 g/mol. The minimum atomic E-state index is -0.670. The Labute approximate surface area is 184 Å². The molecule has 0 radical (unpaired) electrons. The molecule has 0 aliphatic rings. The standard InChI is InChI=1S/C23H24N6O3/c1-27(22-21(29(31)32)23(30)28-15-9-7-13-20(28)24-22)14-8-3-6-12-18-16-19(26-25-18)17-10-4-2-5-11-17/h2,4-5,7,9-11,13,15-16H,3,6,8,12,14H2,1H3,(H,25,26). The van der Waals surface area contributed by atoms with Crippen LogP contribution in [0, 0.1) is 10.1 Å². The highest BCUT2D eigenvalue weighted by Gasteiger charge is 2.25. The van der Waals surface area contributed by atoms with Crippen molar-refractivity contribution in [2.45, 2.75) is 25.7 Å². The molecule has 4 aromatic rings. The number of unbranched alkanes of at least 4 members (excludes halogenated alkanes) is 2. The number of nitro groups is 1. The number of anilines is 1. The number of aromatic nitrogens is 4. The third-order valence-corrected chi connectivity index (χ3v) is 5.38. The lowest BCUT2D eigenvalue weighted by atomic mass is 10.1. The van der Waals surface area contributed by atoms with Crippen LogP contribution in [0.2, 0.25) is 0 Å². The molecule has 0 bridgehead atoms. The summed E-state index contributed by atoms with van der Waals surface area (Å²) >= 11 is 0. The zero-order valence-corrected chi connectivity index (χ0v) is 17.8. The number of aryl methyl sites for hydroxylation is 1. The van der Waals surface area contributed by atoms with Gasteiger partial charge >= 0.3 is 11.2 Å². The molecule has 4 rings (SSSR count). The molecule has 0 amide bonds. The molecular weight excluding hydrogens is 408 g/mol. The van der Waals surface area contributed by atoms with Crippen molar-refractivity contribution in [3.63, 3.8) is 0 Å². The van der Waals surface area contributed by atoms with E-state index in [1.807, 2.05) is 30.3 Å². The van der Waals surface area contributed by atoms with Gasteiger partial charge in [0.1, 0.15) is 5.65 Å². The Hall–Kier alpha value is -4.01. The molecule has 3 heterocycles. The van der Waals surface area contributed by atoms with Crippen molar-refractivity contribution in [3.8, 4) is 11.3 Å². The van der Waals surface area contributed by atoms with Gasteiger partial charge in [0.15, 0.2) is 0 Å². The Morgan fingerprint density at radius 3 is 2.66 bits per heavy atom. The number of nitrogens with zero attached hydrogens (tertiary/aromatic N) is 5. The molecule has 0 aliphatic heterocycles. The number of rotatable bonds is 9. The second-order valence-corrected chi connectivity index (χ2v) is 7.65. The van der Waals surface area contributed by atoms with Gasteiger partial charge in [-0.05, 0) is 37.5 Å². The highest BCUT2D eigenvalue weighted by Crippen LogP contribution is 2.22. The summed E-state index contributed by atoms with van der Waals surface area (Å²) in [6.07, 6.45) is 5.08. The van der Waals surface area contributed by atoms with Gasteiger partial charge in [-0.3, -0.25) is 24.4 Å². The van der Waals surface area contributed by atoms with Gasteiger partial charge in [0.2, 0.25) is 5.82 Å². The minimum absolute atomic E-state index is 0.104. The van der Waals surface area contributed by atoms with E-state index in [9.17, 15) is 14.9 Å². The summed E-state index contributed by atoms with van der Waals surface area (Å²) in [5.41, 5.74) is 2.31. The molecule has 0 atom stereocenters. The van der Waals surface area contributed by atoms with Gasteiger partial charge in [-0.25, -0.2) is 4.98 Å². The SMILES string of the molecule is CN(CCCCCc1cc(-c2ccccc2)n[nH]1)c1nc2ccccn2c(=O)c1[N+](=O)[O-]. The van der Waals surface area contributed by atoms with E-state index in [1.165, 1.54) is 10.6 Å². The van der Waals surface area contributed by atoms with E-state index in [1.54, 1.807) is 30.1 Å². The van der Waals surface area contributed by atoms with Crippen LogP contribution in [0.15, 0.2) is 65.6 Å². The fourth-order valence-corrected chi connectivity index (χ4v) is 3.69. The molecule has 32 heavy (non-hydrogen) atoms. The molecule has 1 N–H and O–H groups in total. The maximum Gasteiger partial charge on any atom is 0.376 e. The van der Waals surface area contributed by atoms with Crippen LogP contribution in [0.5, 0.6) is 0 Å². The van der Waals surface area contributed by atoms with Gasteiger partial charge in [0, 0.05) is 31.0 Å². The molecule has 1 aromatic carbocycles. The van der Waals surface area contributed by atoms with E-state index >= 15 is 0 Å². The quantitative estimate of drug-likeness (QED) is 0.244. The van der Waals surface area contributed by atoms with Crippen LogP contribution >= 0.6 is 0 Å². The Bertz CT molecular complexity index is 1280. The van der Waals surface area contributed by atoms with E-state index in [-0.39, 0.29) is 5.82 Å². The highest BCUT2D eigenvalue weighted by molar-refractivity contribution is 5.61. The molecule has 0 saturated heterocycles. The number of pyridine rings is 1. The van der Waals surface area contributed by atoms with Gasteiger partial charge in [0.05, 0.1) is 10.6 Å². The second-order valence-electron chi connectivity index (χ2n) is 7.65. The Balaban J connectivity index is 1.35. The number of hydrogen-bond donors (Lipinski definition) is 1. The largest absolute Gasteiger partial charge is 0.376 e. The van der Waals surface area contributed by atoms with Crippen LogP contribution in [-0.4, -0.2) is 38.1 Å². The zero-order valence-electron chi connectivity index (χ0n) is 17.8. The summed E-state index contributed by atoms with van der Waals surface area (Å²) in [5, 5.41) is 19.0. The first-order valence-electron chi connectivity index (χ1n) is 10.5. The molecule has 0 fully saturated rings. The normalized spacial score (nSPS) is 11.0. The Kier molecular flexibility index (Phi) is 6.25. The van der Waals surface area contributed by atoms with Crippen molar-refractivity contribution in [2.24, 2.45) is 0 Å². The highest BCUT2D eigenvalue weighted by atomic mass is 16.6. The maximum atomic E-state index is 12.6. The third kappa shape index (κ3) is 4.51. The van der Waals surface area contributed by atoms with Gasteiger partial charge in [0.25, 0.3) is 0 Å². The lowest BCUT2D eigenvalue weighted by Crippen LogP contribution is -2.27. The van der Waals surface area contributed by atoms with Crippen LogP contribution in [0.4, 0.5) is 11.5 Å². The fraction of sp³-hybridized carbons (Fsp3) is 0.261. The molecule has 9 nitrogen and oxygen atoms in total. The summed E-state index contributed by atoms with van der Waals surface area (Å²) in [6.45, 7) is 0.564. The van der Waals surface area contributed by atoms with Gasteiger partial charge in [-0.2, -0.15) is 5.10 Å². The minimum Gasteiger partial charge on any atom is -0.354 e. The van der Waals surface area contributed by atoms with E-state index in [4.69, 9.17) is 0 Å². The molecule has 0 aliphatic carbocycles. The topological polar surface area (TPSA) is 109 Å². The van der Waals surface area contributed by atoms with E-state index in [0.717, 1.165) is 42.6 Å². The predicted molar refractivity (Wildman–Crippen MR) is 123 cm³/mol. The van der Waals surface area contributed by atoms with Gasteiger partial charge < -0.3 is 4.90 Å². The van der Waals surface area contributed by atoms with Crippen molar-refractivity contribution in [2.75, 3.05) is 18.5 Å². The van der Waals surface area contributed by atoms with Gasteiger partial charge in [-0.15, -0.1) is 0 Å². The summed E-state index contributed by atoms with van der Waals surface area (Å²) in [6, 6.07) is 17.1. The maximum absolute atomic E-state index is 12.6. The van der Waals surface area contributed by atoms with Crippen LogP contribution in [0.1, 0.15) is 25.0 Å². The molecule has 0 saturated carbocycles. The van der Waals surface area contributed by atoms with Crippen molar-refractivity contribution < 1.29 is 4.92 Å². The summed E-state index contributed by atoms with van der Waals surface area (Å²) in [7, 11) is 1.73. The molecule has 0 spiro atoms. The Morgan fingerprint density at radius 2 is 1.88 bits per heavy atom. The Morgan fingerprint density at radius 1 is 1.09 bits per heavy atom. The van der Waals surface area contributed by atoms with E-state index < -0.39 is 16.2 Å². The summed E-state index contributed by atoms with van der Waals surface area (Å²) < 4.78 is 1.20. The van der Waals surface area contributed by atoms with Crippen molar-refractivity contribution in [3.05, 3.63) is 87.0 Å². The number of fused-ring (bicyclic) bond motifs is 1. The monoisotopic (exact) mass is 432 g/mol. The van der Waals surface area contributed by atoms with Crippen molar-refractivity contribution in [1.29, 1.82) is 0 Å². The lowest BCUT2D eigenvalue weighted by Gasteiger charge is -2.18. The average Bonchev–Trinajstić information content (AvgIpc) is 3.28. The number of H-pyrrole nitrogens is 1. The third-order valence-electron chi connectivity index (χ3n) is 5.38. The number of benzene rings is 1. The van der Waals surface area contributed by atoms with E-state index in [0.29, 0.717) is 12.2 Å². The summed E-state index contributed by atoms with van der Waals surface area (Å²) in [4.78, 5) is 29.5. The van der Waals surface area contributed by atoms with Crippen LogP contribution in [-0.2, 0) is 6.42 Å².